The van der Waals surface area contributed by atoms with Gasteiger partial charge in [-0.2, -0.15) is 0 Å². The standard InChI is InChI=1S/C18H35N3O2/c1-3-4-5-6-7-8-9-10-11-12-18-20-13-14-21(18)15-17(19)23-16(2)22/h17H,3-15,19H2,1-2H3. The van der Waals surface area contributed by atoms with E-state index in [9.17, 15) is 4.79 Å². The second-order valence-corrected chi connectivity index (χ2v) is 6.47. The summed E-state index contributed by atoms with van der Waals surface area (Å²) >= 11 is 0. The summed E-state index contributed by atoms with van der Waals surface area (Å²) in [6.07, 6.45) is 12.5. The quantitative estimate of drug-likeness (QED) is 0.320. The van der Waals surface area contributed by atoms with E-state index in [0.29, 0.717) is 6.54 Å². The third-order valence-corrected chi connectivity index (χ3v) is 4.25. The molecule has 0 spiro atoms. The second kappa shape index (κ2) is 12.3. The Morgan fingerprint density at radius 3 is 2.39 bits per heavy atom. The van der Waals surface area contributed by atoms with Gasteiger partial charge in [0.15, 0.2) is 6.23 Å². The van der Waals surface area contributed by atoms with Gasteiger partial charge >= 0.3 is 5.97 Å². The highest BCUT2D eigenvalue weighted by molar-refractivity contribution is 5.83. The Kier molecular flexibility index (Phi) is 10.7. The first-order chi connectivity index (χ1) is 11.1. The van der Waals surface area contributed by atoms with E-state index in [-0.39, 0.29) is 5.97 Å². The van der Waals surface area contributed by atoms with Crippen molar-refractivity contribution in [1.29, 1.82) is 0 Å². The molecule has 5 nitrogen and oxygen atoms in total. The van der Waals surface area contributed by atoms with Gasteiger partial charge in [-0.3, -0.25) is 15.5 Å². The third kappa shape index (κ3) is 9.59. The number of unbranched alkanes of at least 4 members (excludes halogenated alkanes) is 8. The van der Waals surface area contributed by atoms with Gasteiger partial charge in [-0.15, -0.1) is 0 Å². The first-order valence-corrected chi connectivity index (χ1v) is 9.34. The van der Waals surface area contributed by atoms with E-state index < -0.39 is 6.23 Å². The highest BCUT2D eigenvalue weighted by atomic mass is 16.6. The summed E-state index contributed by atoms with van der Waals surface area (Å²) < 4.78 is 5.00. The molecule has 0 aromatic rings. The van der Waals surface area contributed by atoms with E-state index in [4.69, 9.17) is 10.5 Å². The van der Waals surface area contributed by atoms with Gasteiger partial charge in [-0.05, 0) is 6.42 Å². The number of carbonyl (C=O) groups is 1. The van der Waals surface area contributed by atoms with Gasteiger partial charge in [0.1, 0.15) is 0 Å². The Balaban J connectivity index is 2.06. The van der Waals surface area contributed by atoms with Crippen LogP contribution in [-0.2, 0) is 9.53 Å². The van der Waals surface area contributed by atoms with Crippen molar-refractivity contribution in [2.45, 2.75) is 84.3 Å². The molecular formula is C18H35N3O2. The lowest BCUT2D eigenvalue weighted by Gasteiger charge is -2.23. The lowest BCUT2D eigenvalue weighted by atomic mass is 10.1. The van der Waals surface area contributed by atoms with Gasteiger partial charge in [0, 0.05) is 19.9 Å². The molecular weight excluding hydrogens is 290 g/mol. The first kappa shape index (κ1) is 19.9. The molecule has 5 heteroatoms. The molecule has 1 rings (SSSR count). The van der Waals surface area contributed by atoms with Gasteiger partial charge in [0.25, 0.3) is 0 Å². The molecule has 0 radical (unpaired) electrons. The van der Waals surface area contributed by atoms with E-state index in [1.807, 2.05) is 0 Å². The summed E-state index contributed by atoms with van der Waals surface area (Å²) in [4.78, 5) is 17.6. The van der Waals surface area contributed by atoms with Crippen LogP contribution in [-0.4, -0.2) is 42.6 Å². The maximum absolute atomic E-state index is 10.9. The normalized spacial score (nSPS) is 15.6. The largest absolute Gasteiger partial charge is 0.445 e. The Morgan fingerprint density at radius 1 is 1.17 bits per heavy atom. The molecule has 1 unspecified atom stereocenters. The number of carbonyl (C=O) groups excluding carboxylic acids is 1. The van der Waals surface area contributed by atoms with E-state index >= 15 is 0 Å². The smallest absolute Gasteiger partial charge is 0.304 e. The number of nitrogens with zero attached hydrogens (tertiary/aromatic N) is 2. The van der Waals surface area contributed by atoms with Crippen LogP contribution < -0.4 is 5.73 Å². The number of hydrogen-bond acceptors (Lipinski definition) is 5. The van der Waals surface area contributed by atoms with Crippen molar-refractivity contribution < 1.29 is 9.53 Å². The Labute approximate surface area is 141 Å². The number of hydrogen-bond donors (Lipinski definition) is 1. The molecule has 0 saturated carbocycles. The van der Waals surface area contributed by atoms with Crippen molar-refractivity contribution in [3.8, 4) is 0 Å². The van der Waals surface area contributed by atoms with Crippen LogP contribution in [0.5, 0.6) is 0 Å². The maximum Gasteiger partial charge on any atom is 0.304 e. The average molecular weight is 325 g/mol. The Hall–Kier alpha value is -1.10. The number of nitrogens with two attached hydrogens (primary N) is 1. The van der Waals surface area contributed by atoms with Crippen molar-refractivity contribution in [3.63, 3.8) is 0 Å². The average Bonchev–Trinajstić information content (AvgIpc) is 2.92. The first-order valence-electron chi connectivity index (χ1n) is 9.34. The van der Waals surface area contributed by atoms with Crippen LogP contribution in [0.2, 0.25) is 0 Å². The lowest BCUT2D eigenvalue weighted by Crippen LogP contribution is -2.41. The molecule has 0 aliphatic carbocycles. The fraction of sp³-hybridized carbons (Fsp3) is 0.889. The molecule has 0 amide bonds. The van der Waals surface area contributed by atoms with E-state index in [2.05, 4.69) is 16.8 Å². The van der Waals surface area contributed by atoms with Crippen LogP contribution in [0.3, 0.4) is 0 Å². The van der Waals surface area contributed by atoms with E-state index in [1.54, 1.807) is 0 Å². The van der Waals surface area contributed by atoms with Gasteiger partial charge < -0.3 is 9.64 Å². The number of amidine groups is 1. The summed E-state index contributed by atoms with van der Waals surface area (Å²) in [6, 6.07) is 0. The molecule has 1 aliphatic heterocycles. The van der Waals surface area contributed by atoms with E-state index in [0.717, 1.165) is 25.3 Å². The zero-order chi connectivity index (χ0) is 16.9. The highest BCUT2D eigenvalue weighted by Crippen LogP contribution is 2.13. The summed E-state index contributed by atoms with van der Waals surface area (Å²) in [5.74, 6) is 0.810. The molecule has 1 atom stereocenters. The zero-order valence-electron chi connectivity index (χ0n) is 15.1. The molecule has 23 heavy (non-hydrogen) atoms. The predicted molar refractivity (Wildman–Crippen MR) is 95.5 cm³/mol. The topological polar surface area (TPSA) is 67.9 Å². The van der Waals surface area contributed by atoms with Gasteiger partial charge in [0.05, 0.1) is 18.9 Å². The Bertz CT molecular complexity index is 358. The molecule has 134 valence electrons. The second-order valence-electron chi connectivity index (χ2n) is 6.47. The van der Waals surface area contributed by atoms with Crippen LogP contribution in [0.1, 0.15) is 78.1 Å². The summed E-state index contributed by atoms with van der Waals surface area (Å²) in [5, 5.41) is 0. The van der Waals surface area contributed by atoms with Gasteiger partial charge in [0.2, 0.25) is 0 Å². The number of rotatable bonds is 13. The molecule has 1 heterocycles. The fourth-order valence-electron chi connectivity index (χ4n) is 3.02. The van der Waals surface area contributed by atoms with Crippen molar-refractivity contribution in [1.82, 2.24) is 4.90 Å². The molecule has 0 aromatic heterocycles. The minimum atomic E-state index is -0.557. The molecule has 0 fully saturated rings. The number of ether oxygens (including phenoxy) is 1. The minimum absolute atomic E-state index is 0.325. The number of aliphatic imine (C=N–C) groups is 1. The summed E-state index contributed by atoms with van der Waals surface area (Å²) in [6.45, 7) is 5.92. The van der Waals surface area contributed by atoms with Crippen LogP contribution in [0, 0.1) is 0 Å². The van der Waals surface area contributed by atoms with Crippen molar-refractivity contribution >= 4 is 11.8 Å². The van der Waals surface area contributed by atoms with Crippen LogP contribution in [0.15, 0.2) is 4.99 Å². The molecule has 0 aromatic carbocycles. The zero-order valence-corrected chi connectivity index (χ0v) is 15.1. The van der Waals surface area contributed by atoms with Crippen molar-refractivity contribution in [2.24, 2.45) is 10.7 Å². The third-order valence-electron chi connectivity index (χ3n) is 4.25. The Morgan fingerprint density at radius 2 is 1.78 bits per heavy atom. The van der Waals surface area contributed by atoms with E-state index in [1.165, 1.54) is 64.7 Å². The van der Waals surface area contributed by atoms with Crippen LogP contribution in [0.25, 0.3) is 0 Å². The van der Waals surface area contributed by atoms with Gasteiger partial charge in [-0.1, -0.05) is 58.3 Å². The molecule has 1 aliphatic rings. The van der Waals surface area contributed by atoms with Crippen LogP contribution >= 0.6 is 0 Å². The monoisotopic (exact) mass is 325 g/mol. The number of esters is 1. The predicted octanol–water partition coefficient (Wildman–Crippen LogP) is 3.47. The fourth-order valence-corrected chi connectivity index (χ4v) is 3.02. The van der Waals surface area contributed by atoms with Crippen LogP contribution in [0.4, 0.5) is 0 Å². The highest BCUT2D eigenvalue weighted by Gasteiger charge is 2.19. The molecule has 2 N–H and O–H groups in total. The van der Waals surface area contributed by atoms with Crippen molar-refractivity contribution in [2.75, 3.05) is 19.6 Å². The van der Waals surface area contributed by atoms with Gasteiger partial charge in [-0.25, -0.2) is 0 Å². The molecule has 0 bridgehead atoms. The summed E-state index contributed by atoms with van der Waals surface area (Å²) in [7, 11) is 0. The lowest BCUT2D eigenvalue weighted by molar-refractivity contribution is -0.146. The maximum atomic E-state index is 10.9. The molecule has 0 saturated heterocycles. The minimum Gasteiger partial charge on any atom is -0.445 e. The SMILES string of the molecule is CCCCCCCCCCCC1=NCCN1CC(N)OC(C)=O. The summed E-state index contributed by atoms with van der Waals surface area (Å²) in [5.41, 5.74) is 5.82. The van der Waals surface area contributed by atoms with Crippen molar-refractivity contribution in [3.05, 3.63) is 0 Å².